The lowest BCUT2D eigenvalue weighted by atomic mass is 9.93. The van der Waals surface area contributed by atoms with Gasteiger partial charge in [0.2, 0.25) is 0 Å². The molecule has 1 aliphatic carbocycles. The Balaban J connectivity index is 2.17. The van der Waals surface area contributed by atoms with Crippen LogP contribution in [0.4, 0.5) is 0 Å². The summed E-state index contributed by atoms with van der Waals surface area (Å²) in [5.74, 6) is 7.37. The van der Waals surface area contributed by atoms with E-state index < -0.39 is 0 Å². The first-order valence-corrected chi connectivity index (χ1v) is 7.12. The summed E-state index contributed by atoms with van der Waals surface area (Å²) in [5.41, 5.74) is 6.31. The van der Waals surface area contributed by atoms with Gasteiger partial charge < -0.3 is 4.74 Å². The van der Waals surface area contributed by atoms with Crippen LogP contribution in [0, 0.1) is 19.8 Å². The summed E-state index contributed by atoms with van der Waals surface area (Å²) in [4.78, 5) is 4.57. The molecule has 1 heterocycles. The maximum Gasteiger partial charge on any atom is 0.128 e. The van der Waals surface area contributed by atoms with Crippen LogP contribution in [0.15, 0.2) is 6.20 Å². The van der Waals surface area contributed by atoms with Gasteiger partial charge in [-0.1, -0.05) is 12.8 Å². The molecule has 3 N–H and O–H groups in total. The standard InChI is InChI=1S/C15H25N3O/c1-10-9-17-13(11(2)15(10)19-3)8-14(18-16)12-6-4-5-7-12/h9,12,14,18H,4-8,16H2,1-3H3. The number of nitrogens with one attached hydrogen (secondary N) is 1. The van der Waals surface area contributed by atoms with Crippen LogP contribution in [0.3, 0.4) is 0 Å². The van der Waals surface area contributed by atoms with Crippen LogP contribution >= 0.6 is 0 Å². The van der Waals surface area contributed by atoms with Gasteiger partial charge in [0.1, 0.15) is 5.75 Å². The maximum absolute atomic E-state index is 5.74. The Morgan fingerprint density at radius 1 is 1.42 bits per heavy atom. The zero-order chi connectivity index (χ0) is 13.8. The van der Waals surface area contributed by atoms with E-state index in [-0.39, 0.29) is 0 Å². The number of nitrogens with two attached hydrogens (primary N) is 1. The first-order chi connectivity index (χ1) is 9.17. The quantitative estimate of drug-likeness (QED) is 0.632. The molecule has 19 heavy (non-hydrogen) atoms. The second kappa shape index (κ2) is 6.35. The highest BCUT2D eigenvalue weighted by Crippen LogP contribution is 2.30. The van der Waals surface area contributed by atoms with Crippen molar-refractivity contribution in [2.24, 2.45) is 11.8 Å². The highest BCUT2D eigenvalue weighted by molar-refractivity contribution is 5.41. The van der Waals surface area contributed by atoms with E-state index >= 15 is 0 Å². The number of rotatable bonds is 5. The molecule has 0 spiro atoms. The average Bonchev–Trinajstić information content (AvgIpc) is 2.92. The van der Waals surface area contributed by atoms with Gasteiger partial charge in [-0.25, -0.2) is 0 Å². The highest BCUT2D eigenvalue weighted by Gasteiger charge is 2.25. The molecule has 2 rings (SSSR count). The van der Waals surface area contributed by atoms with Crippen molar-refractivity contribution >= 4 is 0 Å². The van der Waals surface area contributed by atoms with Crippen molar-refractivity contribution < 1.29 is 4.74 Å². The Morgan fingerprint density at radius 2 is 2.11 bits per heavy atom. The minimum absolute atomic E-state index is 0.320. The van der Waals surface area contributed by atoms with Gasteiger partial charge in [0.15, 0.2) is 0 Å². The molecule has 1 aromatic rings. The Kier molecular flexibility index (Phi) is 4.77. The molecular formula is C15H25N3O. The summed E-state index contributed by atoms with van der Waals surface area (Å²) >= 11 is 0. The van der Waals surface area contributed by atoms with E-state index in [0.717, 1.165) is 29.0 Å². The van der Waals surface area contributed by atoms with Gasteiger partial charge in [-0.2, -0.15) is 0 Å². The summed E-state index contributed by atoms with van der Waals surface area (Å²) in [5, 5.41) is 0. The van der Waals surface area contributed by atoms with Crippen molar-refractivity contribution in [1.82, 2.24) is 10.4 Å². The average molecular weight is 263 g/mol. The molecule has 0 bridgehead atoms. The number of hydrazine groups is 1. The van der Waals surface area contributed by atoms with E-state index in [1.165, 1.54) is 25.7 Å². The number of methoxy groups -OCH3 is 1. The number of hydrogen-bond acceptors (Lipinski definition) is 4. The first kappa shape index (κ1) is 14.3. The number of aryl methyl sites for hydroxylation is 1. The molecule has 0 aliphatic heterocycles. The molecule has 1 aliphatic rings. The molecule has 1 unspecified atom stereocenters. The lowest BCUT2D eigenvalue weighted by Gasteiger charge is -2.23. The van der Waals surface area contributed by atoms with E-state index in [1.807, 2.05) is 13.1 Å². The topological polar surface area (TPSA) is 60.2 Å². The molecule has 1 aromatic heterocycles. The maximum atomic E-state index is 5.74. The number of pyridine rings is 1. The number of aromatic nitrogens is 1. The summed E-state index contributed by atoms with van der Waals surface area (Å²) in [7, 11) is 1.72. The highest BCUT2D eigenvalue weighted by atomic mass is 16.5. The van der Waals surface area contributed by atoms with Crippen molar-refractivity contribution in [3.8, 4) is 5.75 Å². The van der Waals surface area contributed by atoms with E-state index in [2.05, 4.69) is 17.3 Å². The SMILES string of the molecule is COc1c(C)cnc(CC(NN)C2CCCC2)c1C. The fraction of sp³-hybridized carbons (Fsp3) is 0.667. The van der Waals surface area contributed by atoms with Gasteiger partial charge in [0.25, 0.3) is 0 Å². The Morgan fingerprint density at radius 3 is 2.68 bits per heavy atom. The first-order valence-electron chi connectivity index (χ1n) is 7.12. The zero-order valence-corrected chi connectivity index (χ0v) is 12.2. The molecule has 4 nitrogen and oxygen atoms in total. The van der Waals surface area contributed by atoms with Crippen LogP contribution in [-0.4, -0.2) is 18.1 Å². The normalized spacial score (nSPS) is 17.7. The summed E-state index contributed by atoms with van der Waals surface area (Å²) in [6.45, 7) is 4.11. The number of ether oxygens (including phenoxy) is 1. The van der Waals surface area contributed by atoms with Crippen molar-refractivity contribution in [3.05, 3.63) is 23.0 Å². The molecule has 0 saturated heterocycles. The van der Waals surface area contributed by atoms with Gasteiger partial charge in [0.05, 0.1) is 7.11 Å². The molecule has 1 saturated carbocycles. The van der Waals surface area contributed by atoms with Crippen LogP contribution < -0.4 is 16.0 Å². The van der Waals surface area contributed by atoms with Crippen LogP contribution in [-0.2, 0) is 6.42 Å². The third-order valence-electron chi connectivity index (χ3n) is 4.35. The van der Waals surface area contributed by atoms with Crippen LogP contribution in [0.2, 0.25) is 0 Å². The van der Waals surface area contributed by atoms with Crippen LogP contribution in [0.1, 0.15) is 42.5 Å². The van der Waals surface area contributed by atoms with Crippen LogP contribution in [0.25, 0.3) is 0 Å². The van der Waals surface area contributed by atoms with Crippen molar-refractivity contribution in [3.63, 3.8) is 0 Å². The van der Waals surface area contributed by atoms with Crippen molar-refractivity contribution in [1.29, 1.82) is 0 Å². The molecular weight excluding hydrogens is 238 g/mol. The number of hydrogen-bond donors (Lipinski definition) is 2. The van der Waals surface area contributed by atoms with Gasteiger partial charge in [-0.3, -0.25) is 16.3 Å². The largest absolute Gasteiger partial charge is 0.496 e. The van der Waals surface area contributed by atoms with Gasteiger partial charge in [-0.05, 0) is 32.6 Å². The predicted molar refractivity (Wildman–Crippen MR) is 77.0 cm³/mol. The van der Waals surface area contributed by atoms with Crippen molar-refractivity contribution in [2.75, 3.05) is 7.11 Å². The third-order valence-corrected chi connectivity index (χ3v) is 4.35. The summed E-state index contributed by atoms with van der Waals surface area (Å²) < 4.78 is 5.47. The second-order valence-corrected chi connectivity index (χ2v) is 5.57. The molecule has 4 heteroatoms. The second-order valence-electron chi connectivity index (χ2n) is 5.57. The molecule has 1 atom stereocenters. The molecule has 0 aromatic carbocycles. The van der Waals surface area contributed by atoms with E-state index in [1.54, 1.807) is 7.11 Å². The van der Waals surface area contributed by atoms with Gasteiger partial charge in [-0.15, -0.1) is 0 Å². The van der Waals surface area contributed by atoms with Gasteiger partial charge in [0, 0.05) is 35.5 Å². The molecule has 0 radical (unpaired) electrons. The lowest BCUT2D eigenvalue weighted by molar-refractivity contribution is 0.357. The Hall–Kier alpha value is -1.13. The van der Waals surface area contributed by atoms with Crippen LogP contribution in [0.5, 0.6) is 5.75 Å². The Labute approximate surface area is 115 Å². The van der Waals surface area contributed by atoms with Gasteiger partial charge >= 0.3 is 0 Å². The van der Waals surface area contributed by atoms with E-state index in [9.17, 15) is 0 Å². The fourth-order valence-electron chi connectivity index (χ4n) is 3.21. The molecule has 0 amide bonds. The third kappa shape index (κ3) is 3.07. The lowest BCUT2D eigenvalue weighted by Crippen LogP contribution is -2.42. The monoisotopic (exact) mass is 263 g/mol. The molecule has 1 fully saturated rings. The minimum atomic E-state index is 0.320. The minimum Gasteiger partial charge on any atom is -0.496 e. The van der Waals surface area contributed by atoms with E-state index in [4.69, 9.17) is 10.6 Å². The predicted octanol–water partition coefficient (Wildman–Crippen LogP) is 2.27. The summed E-state index contributed by atoms with van der Waals surface area (Å²) in [6, 6.07) is 0.320. The zero-order valence-electron chi connectivity index (χ0n) is 12.2. The Bertz CT molecular complexity index is 428. The fourth-order valence-corrected chi connectivity index (χ4v) is 3.21. The number of nitrogens with zero attached hydrogens (tertiary/aromatic N) is 1. The summed E-state index contributed by atoms with van der Waals surface area (Å²) in [6.07, 6.45) is 7.97. The smallest absolute Gasteiger partial charge is 0.128 e. The van der Waals surface area contributed by atoms with Crippen molar-refractivity contribution in [2.45, 2.75) is 52.0 Å². The van der Waals surface area contributed by atoms with E-state index in [0.29, 0.717) is 12.0 Å². The molecule has 106 valence electrons.